The Morgan fingerprint density at radius 3 is 2.60 bits per heavy atom. The quantitative estimate of drug-likeness (QED) is 0.896. The van der Waals surface area contributed by atoms with Crippen LogP contribution < -0.4 is 5.73 Å². The number of nitrogens with zero attached hydrogens (tertiary/aromatic N) is 1. The van der Waals surface area contributed by atoms with Crippen molar-refractivity contribution >= 4 is 0 Å². The summed E-state index contributed by atoms with van der Waals surface area (Å²) in [6.45, 7) is 7.03. The molecule has 1 atom stereocenters. The summed E-state index contributed by atoms with van der Waals surface area (Å²) >= 11 is 0. The first-order valence-corrected chi connectivity index (χ1v) is 7.42. The summed E-state index contributed by atoms with van der Waals surface area (Å²) in [7, 11) is 0. The topological polar surface area (TPSA) is 29.3 Å². The molecular formula is C16H24F2N2. The average Bonchev–Trinajstić information content (AvgIpc) is 2.85. The fourth-order valence-electron chi connectivity index (χ4n) is 3.19. The van der Waals surface area contributed by atoms with Gasteiger partial charge in [0.15, 0.2) is 0 Å². The highest BCUT2D eigenvalue weighted by Crippen LogP contribution is 2.37. The van der Waals surface area contributed by atoms with E-state index in [0.717, 1.165) is 38.1 Å². The zero-order valence-electron chi connectivity index (χ0n) is 12.3. The Balaban J connectivity index is 2.02. The predicted molar refractivity (Wildman–Crippen MR) is 77.4 cm³/mol. The van der Waals surface area contributed by atoms with Gasteiger partial charge in [-0.3, -0.25) is 0 Å². The van der Waals surface area contributed by atoms with Crippen LogP contribution in [0.5, 0.6) is 0 Å². The lowest BCUT2D eigenvalue weighted by molar-refractivity contribution is 0.232. The van der Waals surface area contributed by atoms with Crippen LogP contribution >= 0.6 is 0 Å². The maximum absolute atomic E-state index is 13.7. The third-order valence-corrected chi connectivity index (χ3v) is 4.83. The molecule has 1 aliphatic heterocycles. The number of rotatable bonds is 5. The maximum atomic E-state index is 13.7. The van der Waals surface area contributed by atoms with Crippen molar-refractivity contribution in [3.8, 4) is 0 Å². The molecule has 2 nitrogen and oxygen atoms in total. The third-order valence-electron chi connectivity index (χ3n) is 4.83. The molecule has 1 aromatic carbocycles. The molecule has 4 heteroatoms. The lowest BCUT2D eigenvalue weighted by Gasteiger charge is -2.27. The first-order valence-electron chi connectivity index (χ1n) is 7.42. The van der Waals surface area contributed by atoms with Gasteiger partial charge in [-0.25, -0.2) is 8.78 Å². The van der Waals surface area contributed by atoms with Crippen molar-refractivity contribution in [1.82, 2.24) is 4.90 Å². The lowest BCUT2D eigenvalue weighted by atomic mass is 9.82. The number of likely N-dealkylation sites (tertiary alicyclic amines) is 1. The molecule has 1 aliphatic rings. The summed E-state index contributed by atoms with van der Waals surface area (Å²) in [5.74, 6) is -0.856. The summed E-state index contributed by atoms with van der Waals surface area (Å²) < 4.78 is 26.9. The molecule has 0 aromatic heterocycles. The van der Waals surface area contributed by atoms with Gasteiger partial charge in [-0.2, -0.15) is 0 Å². The minimum absolute atomic E-state index is 0.274. The van der Waals surface area contributed by atoms with Crippen LogP contribution in [0.2, 0.25) is 0 Å². The largest absolute Gasteiger partial charge is 0.323 e. The number of hydrogen-bond donors (Lipinski definition) is 1. The van der Waals surface area contributed by atoms with E-state index in [1.54, 1.807) is 0 Å². The highest BCUT2D eigenvalue weighted by molar-refractivity contribution is 5.22. The van der Waals surface area contributed by atoms with Crippen LogP contribution in [0.4, 0.5) is 8.78 Å². The van der Waals surface area contributed by atoms with E-state index in [-0.39, 0.29) is 5.56 Å². The molecule has 20 heavy (non-hydrogen) atoms. The second kappa shape index (κ2) is 6.19. The van der Waals surface area contributed by atoms with Gasteiger partial charge in [0.2, 0.25) is 0 Å². The van der Waals surface area contributed by atoms with Gasteiger partial charge in [0.25, 0.3) is 0 Å². The summed E-state index contributed by atoms with van der Waals surface area (Å²) in [5, 5.41) is 0. The molecule has 0 bridgehead atoms. The lowest BCUT2D eigenvalue weighted by Crippen LogP contribution is -2.33. The normalized spacial score (nSPS) is 20.2. The van der Waals surface area contributed by atoms with Crippen molar-refractivity contribution in [3.63, 3.8) is 0 Å². The number of benzene rings is 1. The Morgan fingerprint density at radius 1 is 1.30 bits per heavy atom. The van der Waals surface area contributed by atoms with Gasteiger partial charge in [0, 0.05) is 24.7 Å². The minimum atomic E-state index is -0.477. The second-order valence-corrected chi connectivity index (χ2v) is 5.96. The molecule has 1 saturated heterocycles. The molecule has 1 aromatic rings. The van der Waals surface area contributed by atoms with Crippen molar-refractivity contribution in [2.45, 2.75) is 39.2 Å². The molecule has 2 rings (SSSR count). The van der Waals surface area contributed by atoms with Gasteiger partial charge in [-0.15, -0.1) is 0 Å². The molecule has 1 unspecified atom stereocenters. The molecule has 0 saturated carbocycles. The SMILES string of the molecule is CCC1(CC)CCN(CC(N)c2cc(F)ccc2F)C1. The van der Waals surface area contributed by atoms with Gasteiger partial charge < -0.3 is 10.6 Å². The van der Waals surface area contributed by atoms with E-state index in [0.29, 0.717) is 12.0 Å². The van der Waals surface area contributed by atoms with Crippen LogP contribution in [-0.2, 0) is 0 Å². The molecule has 0 spiro atoms. The van der Waals surface area contributed by atoms with Crippen molar-refractivity contribution < 1.29 is 8.78 Å². The molecule has 112 valence electrons. The van der Waals surface area contributed by atoms with Gasteiger partial charge in [0.1, 0.15) is 11.6 Å². The van der Waals surface area contributed by atoms with Crippen LogP contribution in [0.25, 0.3) is 0 Å². The summed E-state index contributed by atoms with van der Waals surface area (Å²) in [6, 6.07) is 3.01. The fraction of sp³-hybridized carbons (Fsp3) is 0.625. The van der Waals surface area contributed by atoms with Gasteiger partial charge in [-0.05, 0) is 49.4 Å². The molecule has 0 radical (unpaired) electrons. The summed E-state index contributed by atoms with van der Waals surface area (Å²) in [5.41, 5.74) is 6.72. The van der Waals surface area contributed by atoms with Crippen LogP contribution in [0.1, 0.15) is 44.7 Å². The van der Waals surface area contributed by atoms with Crippen LogP contribution in [0.15, 0.2) is 18.2 Å². The average molecular weight is 282 g/mol. The highest BCUT2D eigenvalue weighted by Gasteiger charge is 2.35. The summed E-state index contributed by atoms with van der Waals surface area (Å²) in [4.78, 5) is 2.28. The molecule has 2 N–H and O–H groups in total. The van der Waals surface area contributed by atoms with Gasteiger partial charge in [-0.1, -0.05) is 13.8 Å². The van der Waals surface area contributed by atoms with Gasteiger partial charge >= 0.3 is 0 Å². The van der Waals surface area contributed by atoms with E-state index in [1.807, 2.05) is 0 Å². The van der Waals surface area contributed by atoms with E-state index >= 15 is 0 Å². The Labute approximate surface area is 120 Å². The van der Waals surface area contributed by atoms with E-state index in [1.165, 1.54) is 12.5 Å². The smallest absolute Gasteiger partial charge is 0.128 e. The minimum Gasteiger partial charge on any atom is -0.323 e. The molecular weight excluding hydrogens is 258 g/mol. The monoisotopic (exact) mass is 282 g/mol. The standard InChI is InChI=1S/C16H24F2N2/c1-3-16(4-2)7-8-20(11-16)10-15(19)13-9-12(17)5-6-14(13)18/h5-6,9,15H,3-4,7-8,10-11,19H2,1-2H3. The highest BCUT2D eigenvalue weighted by atomic mass is 19.1. The Hall–Kier alpha value is -1.00. The van der Waals surface area contributed by atoms with Crippen LogP contribution in [0.3, 0.4) is 0 Å². The second-order valence-electron chi connectivity index (χ2n) is 5.96. The Kier molecular flexibility index (Phi) is 4.76. The summed E-state index contributed by atoms with van der Waals surface area (Å²) in [6.07, 6.45) is 3.48. The zero-order valence-corrected chi connectivity index (χ0v) is 12.3. The number of halogens is 2. The van der Waals surface area contributed by atoms with Crippen LogP contribution in [-0.4, -0.2) is 24.5 Å². The molecule has 0 aliphatic carbocycles. The molecule has 0 amide bonds. The van der Waals surface area contributed by atoms with Crippen molar-refractivity contribution in [3.05, 3.63) is 35.4 Å². The maximum Gasteiger partial charge on any atom is 0.128 e. The Morgan fingerprint density at radius 2 is 2.00 bits per heavy atom. The van der Waals surface area contributed by atoms with E-state index in [9.17, 15) is 8.78 Å². The van der Waals surface area contributed by atoms with E-state index < -0.39 is 17.7 Å². The van der Waals surface area contributed by atoms with E-state index in [4.69, 9.17) is 5.73 Å². The van der Waals surface area contributed by atoms with Crippen molar-refractivity contribution in [2.75, 3.05) is 19.6 Å². The number of hydrogen-bond acceptors (Lipinski definition) is 2. The van der Waals surface area contributed by atoms with Crippen molar-refractivity contribution in [2.24, 2.45) is 11.1 Å². The molecule has 1 fully saturated rings. The zero-order chi connectivity index (χ0) is 14.8. The van der Waals surface area contributed by atoms with E-state index in [2.05, 4.69) is 18.7 Å². The van der Waals surface area contributed by atoms with Crippen molar-refractivity contribution in [1.29, 1.82) is 0 Å². The third kappa shape index (κ3) is 3.18. The Bertz CT molecular complexity index is 458. The van der Waals surface area contributed by atoms with Gasteiger partial charge in [0.05, 0.1) is 0 Å². The first kappa shape index (κ1) is 15.4. The predicted octanol–water partition coefficient (Wildman–Crippen LogP) is 3.48. The fourth-order valence-corrected chi connectivity index (χ4v) is 3.19. The van der Waals surface area contributed by atoms with Crippen LogP contribution in [0, 0.1) is 17.0 Å². The first-order chi connectivity index (χ1) is 9.49. The number of nitrogens with two attached hydrogens (primary N) is 1. The molecule has 1 heterocycles.